The molecule has 1 saturated carbocycles. The maximum Gasteiger partial charge on any atom is 0.237 e. The molecule has 0 aromatic heterocycles. The average Bonchev–Trinajstić information content (AvgIpc) is 2.62. The molecule has 0 radical (unpaired) electrons. The van der Waals surface area contributed by atoms with Crippen molar-refractivity contribution in [3.8, 4) is 0 Å². The molecule has 15 heavy (non-hydrogen) atoms. The normalized spacial score (nSPS) is 27.7. The molecule has 0 aromatic carbocycles. The molecule has 2 N–H and O–H groups in total. The second kappa shape index (κ2) is 4.49. The van der Waals surface area contributed by atoms with Gasteiger partial charge in [0.05, 0.1) is 12.6 Å². The summed E-state index contributed by atoms with van der Waals surface area (Å²) in [6.07, 6.45) is 5.95. The number of hydrogen-bond acceptors (Lipinski definition) is 3. The van der Waals surface area contributed by atoms with Crippen LogP contribution in [-0.2, 0) is 9.53 Å². The summed E-state index contributed by atoms with van der Waals surface area (Å²) < 4.78 is 4.89. The molecule has 1 spiro atoms. The van der Waals surface area contributed by atoms with E-state index in [4.69, 9.17) is 4.74 Å². The van der Waals surface area contributed by atoms with E-state index in [1.54, 1.807) is 7.11 Å². The van der Waals surface area contributed by atoms with Gasteiger partial charge in [0.15, 0.2) is 0 Å². The van der Waals surface area contributed by atoms with Gasteiger partial charge < -0.3 is 15.4 Å². The van der Waals surface area contributed by atoms with E-state index in [9.17, 15) is 4.79 Å². The Kier molecular flexibility index (Phi) is 3.26. The highest BCUT2D eigenvalue weighted by Crippen LogP contribution is 2.40. The molecule has 0 bridgehead atoms. The Morgan fingerprint density at radius 2 is 2.33 bits per heavy atom. The maximum atomic E-state index is 11.7. The van der Waals surface area contributed by atoms with Crippen molar-refractivity contribution in [1.82, 2.24) is 10.6 Å². The second-order valence-corrected chi connectivity index (χ2v) is 4.65. The molecular weight excluding hydrogens is 192 g/mol. The molecule has 86 valence electrons. The number of rotatable bonds is 4. The Balaban J connectivity index is 1.72. The van der Waals surface area contributed by atoms with Gasteiger partial charge >= 0.3 is 0 Å². The summed E-state index contributed by atoms with van der Waals surface area (Å²) in [7, 11) is 1.64. The molecule has 1 aliphatic heterocycles. The van der Waals surface area contributed by atoms with Crippen molar-refractivity contribution in [2.24, 2.45) is 0 Å². The highest BCUT2D eigenvalue weighted by molar-refractivity contribution is 5.82. The number of carbonyl (C=O) groups is 1. The van der Waals surface area contributed by atoms with Gasteiger partial charge in [-0.15, -0.1) is 0 Å². The molecule has 1 heterocycles. The van der Waals surface area contributed by atoms with Crippen LogP contribution in [0.1, 0.15) is 32.1 Å². The molecule has 1 atom stereocenters. The van der Waals surface area contributed by atoms with E-state index >= 15 is 0 Å². The van der Waals surface area contributed by atoms with Crippen molar-refractivity contribution in [3.63, 3.8) is 0 Å². The third-order valence-corrected chi connectivity index (χ3v) is 3.62. The van der Waals surface area contributed by atoms with Gasteiger partial charge in [-0.1, -0.05) is 0 Å². The van der Waals surface area contributed by atoms with E-state index in [2.05, 4.69) is 10.6 Å². The number of ether oxygens (including phenoxy) is 1. The summed E-state index contributed by atoms with van der Waals surface area (Å²) in [6.45, 7) is 1.20. The van der Waals surface area contributed by atoms with Gasteiger partial charge in [-0.25, -0.2) is 0 Å². The quantitative estimate of drug-likeness (QED) is 0.664. The van der Waals surface area contributed by atoms with Crippen molar-refractivity contribution in [2.75, 3.05) is 20.3 Å². The lowest BCUT2D eigenvalue weighted by Crippen LogP contribution is -2.52. The number of methoxy groups -OCH3 is 1. The minimum Gasteiger partial charge on any atom is -0.383 e. The van der Waals surface area contributed by atoms with Crippen LogP contribution < -0.4 is 10.6 Å². The van der Waals surface area contributed by atoms with Gasteiger partial charge in [-0.05, 0) is 32.1 Å². The lowest BCUT2D eigenvalue weighted by atomic mass is 9.76. The van der Waals surface area contributed by atoms with Gasteiger partial charge in [0.25, 0.3) is 0 Å². The molecule has 2 rings (SSSR count). The molecule has 4 nitrogen and oxygen atoms in total. The standard InChI is InChI=1S/C11H20N2O2/c1-15-8-7-12-10(14)9-3-6-11(13-9)4-2-5-11/h9,13H,2-8H2,1H3,(H,12,14). The number of nitrogens with one attached hydrogen (secondary N) is 2. The van der Waals surface area contributed by atoms with Crippen molar-refractivity contribution >= 4 is 5.91 Å². The molecular formula is C11H20N2O2. The van der Waals surface area contributed by atoms with Crippen molar-refractivity contribution < 1.29 is 9.53 Å². The molecule has 1 unspecified atom stereocenters. The van der Waals surface area contributed by atoms with Crippen molar-refractivity contribution in [2.45, 2.75) is 43.7 Å². The smallest absolute Gasteiger partial charge is 0.237 e. The molecule has 1 amide bonds. The number of carbonyl (C=O) groups excluding carboxylic acids is 1. The maximum absolute atomic E-state index is 11.7. The van der Waals surface area contributed by atoms with E-state index in [0.717, 1.165) is 12.8 Å². The second-order valence-electron chi connectivity index (χ2n) is 4.65. The van der Waals surface area contributed by atoms with Crippen LogP contribution in [0, 0.1) is 0 Å². The third-order valence-electron chi connectivity index (χ3n) is 3.62. The lowest BCUT2D eigenvalue weighted by molar-refractivity contribution is -0.123. The summed E-state index contributed by atoms with van der Waals surface area (Å²) in [5, 5.41) is 6.36. The van der Waals surface area contributed by atoms with Crippen LogP contribution in [0.3, 0.4) is 0 Å². The van der Waals surface area contributed by atoms with Crippen LogP contribution in [0.4, 0.5) is 0 Å². The third kappa shape index (κ3) is 2.32. The van der Waals surface area contributed by atoms with Crippen LogP contribution in [0.2, 0.25) is 0 Å². The van der Waals surface area contributed by atoms with Crippen LogP contribution in [0.25, 0.3) is 0 Å². The van der Waals surface area contributed by atoms with E-state index in [0.29, 0.717) is 18.7 Å². The molecule has 1 saturated heterocycles. The Bertz CT molecular complexity index is 239. The van der Waals surface area contributed by atoms with Crippen molar-refractivity contribution in [1.29, 1.82) is 0 Å². The van der Waals surface area contributed by atoms with Gasteiger partial charge in [0, 0.05) is 19.2 Å². The molecule has 2 aliphatic rings. The monoisotopic (exact) mass is 212 g/mol. The summed E-state index contributed by atoms with van der Waals surface area (Å²) in [6, 6.07) is 0.0298. The summed E-state index contributed by atoms with van der Waals surface area (Å²) in [4.78, 5) is 11.7. The van der Waals surface area contributed by atoms with E-state index in [1.165, 1.54) is 19.3 Å². The Labute approximate surface area is 90.8 Å². The van der Waals surface area contributed by atoms with E-state index in [-0.39, 0.29) is 11.9 Å². The highest BCUT2D eigenvalue weighted by atomic mass is 16.5. The van der Waals surface area contributed by atoms with Crippen LogP contribution in [0.5, 0.6) is 0 Å². The molecule has 4 heteroatoms. The first kappa shape index (κ1) is 10.9. The SMILES string of the molecule is COCCNC(=O)C1CCC2(CCC2)N1. The fourth-order valence-corrected chi connectivity index (χ4v) is 2.53. The van der Waals surface area contributed by atoms with Crippen LogP contribution >= 0.6 is 0 Å². The lowest BCUT2D eigenvalue weighted by Gasteiger charge is -2.39. The number of hydrogen-bond donors (Lipinski definition) is 2. The van der Waals surface area contributed by atoms with Gasteiger partial charge in [-0.2, -0.15) is 0 Å². The van der Waals surface area contributed by atoms with Crippen LogP contribution in [0.15, 0.2) is 0 Å². The Hall–Kier alpha value is -0.610. The largest absolute Gasteiger partial charge is 0.383 e. The zero-order chi connectivity index (χ0) is 10.7. The topological polar surface area (TPSA) is 50.4 Å². The van der Waals surface area contributed by atoms with Crippen LogP contribution in [-0.4, -0.2) is 37.7 Å². The first-order chi connectivity index (χ1) is 7.26. The molecule has 1 aliphatic carbocycles. The minimum atomic E-state index is 0.0298. The summed E-state index contributed by atoms with van der Waals surface area (Å²) in [5.74, 6) is 0.135. The average molecular weight is 212 g/mol. The first-order valence-electron chi connectivity index (χ1n) is 5.80. The summed E-state index contributed by atoms with van der Waals surface area (Å²) in [5.41, 5.74) is 0.323. The predicted octanol–water partition coefficient (Wildman–Crippen LogP) is 0.424. The molecule has 2 fully saturated rings. The van der Waals surface area contributed by atoms with Gasteiger partial charge in [-0.3, -0.25) is 4.79 Å². The zero-order valence-corrected chi connectivity index (χ0v) is 9.34. The van der Waals surface area contributed by atoms with Gasteiger partial charge in [0.2, 0.25) is 5.91 Å². The Morgan fingerprint density at radius 1 is 1.53 bits per heavy atom. The Morgan fingerprint density at radius 3 is 2.87 bits per heavy atom. The van der Waals surface area contributed by atoms with Crippen molar-refractivity contribution in [3.05, 3.63) is 0 Å². The fourth-order valence-electron chi connectivity index (χ4n) is 2.53. The van der Waals surface area contributed by atoms with E-state index in [1.807, 2.05) is 0 Å². The fraction of sp³-hybridized carbons (Fsp3) is 0.909. The molecule has 0 aromatic rings. The zero-order valence-electron chi connectivity index (χ0n) is 9.34. The summed E-state index contributed by atoms with van der Waals surface area (Å²) >= 11 is 0. The van der Waals surface area contributed by atoms with E-state index < -0.39 is 0 Å². The first-order valence-corrected chi connectivity index (χ1v) is 5.80. The number of amides is 1. The predicted molar refractivity (Wildman–Crippen MR) is 57.6 cm³/mol. The highest BCUT2D eigenvalue weighted by Gasteiger charge is 2.44. The van der Waals surface area contributed by atoms with Gasteiger partial charge in [0.1, 0.15) is 0 Å². The minimum absolute atomic E-state index is 0.0298.